The number of aromatic nitrogens is 3. The molecule has 0 aliphatic heterocycles. The minimum absolute atomic E-state index is 0.0854. The van der Waals surface area contributed by atoms with Crippen LogP contribution in [0.4, 0.5) is 5.69 Å². The number of thioether (sulfide) groups is 1. The molecular weight excluding hydrogens is 424 g/mol. The summed E-state index contributed by atoms with van der Waals surface area (Å²) in [5.41, 5.74) is 3.61. The van der Waals surface area contributed by atoms with Crippen LogP contribution in [0.15, 0.2) is 70.7 Å². The fourth-order valence-electron chi connectivity index (χ4n) is 3.65. The first-order valence-electron chi connectivity index (χ1n) is 10.4. The van der Waals surface area contributed by atoms with Crippen LogP contribution in [0.3, 0.4) is 0 Å². The van der Waals surface area contributed by atoms with Gasteiger partial charge in [0.05, 0.1) is 12.9 Å². The van der Waals surface area contributed by atoms with Crippen LogP contribution in [0.25, 0.3) is 22.2 Å². The molecule has 1 saturated carbocycles. The molecule has 4 aromatic rings. The average molecular weight is 447 g/mol. The lowest BCUT2D eigenvalue weighted by Gasteiger charge is -2.12. The minimum Gasteiger partial charge on any atom is -0.497 e. The van der Waals surface area contributed by atoms with Crippen LogP contribution in [-0.2, 0) is 4.79 Å². The van der Waals surface area contributed by atoms with E-state index in [-0.39, 0.29) is 23.3 Å². The van der Waals surface area contributed by atoms with E-state index < -0.39 is 0 Å². The second kappa shape index (κ2) is 8.55. The first kappa shape index (κ1) is 20.4. The van der Waals surface area contributed by atoms with Crippen LogP contribution in [0, 0.1) is 0 Å². The number of amides is 1. The highest BCUT2D eigenvalue weighted by Crippen LogP contribution is 2.37. The van der Waals surface area contributed by atoms with Gasteiger partial charge >= 0.3 is 0 Å². The summed E-state index contributed by atoms with van der Waals surface area (Å²) in [4.78, 5) is 33.7. The van der Waals surface area contributed by atoms with Crippen molar-refractivity contribution in [2.45, 2.75) is 24.0 Å². The van der Waals surface area contributed by atoms with Crippen molar-refractivity contribution in [2.24, 2.45) is 0 Å². The third kappa shape index (κ3) is 4.01. The third-order valence-corrected chi connectivity index (χ3v) is 6.35. The molecule has 0 unspecified atom stereocenters. The molecule has 2 heterocycles. The molecule has 7 nitrogen and oxygen atoms in total. The van der Waals surface area contributed by atoms with Crippen LogP contribution in [0.1, 0.15) is 18.9 Å². The van der Waals surface area contributed by atoms with E-state index in [1.807, 2.05) is 36.5 Å². The van der Waals surface area contributed by atoms with Crippen molar-refractivity contribution in [1.29, 1.82) is 0 Å². The lowest BCUT2D eigenvalue weighted by molar-refractivity contribution is -0.113. The van der Waals surface area contributed by atoms with E-state index in [4.69, 9.17) is 9.72 Å². The molecule has 2 aromatic carbocycles. The van der Waals surface area contributed by atoms with E-state index in [2.05, 4.69) is 10.3 Å². The van der Waals surface area contributed by atoms with Gasteiger partial charge in [-0.25, -0.2) is 4.98 Å². The Hall–Kier alpha value is -3.52. The zero-order chi connectivity index (χ0) is 22.1. The van der Waals surface area contributed by atoms with Crippen molar-refractivity contribution in [3.05, 3.63) is 71.1 Å². The normalized spacial score (nSPS) is 13.3. The van der Waals surface area contributed by atoms with Crippen molar-refractivity contribution in [2.75, 3.05) is 18.2 Å². The number of ether oxygens (including phenoxy) is 1. The number of benzene rings is 2. The summed E-state index contributed by atoms with van der Waals surface area (Å²) in [6.07, 6.45) is 3.73. The number of aromatic amines is 1. The fourth-order valence-corrected chi connectivity index (χ4v) is 4.51. The molecule has 32 heavy (non-hydrogen) atoms. The quantitative estimate of drug-likeness (QED) is 0.323. The van der Waals surface area contributed by atoms with Crippen LogP contribution < -0.4 is 15.6 Å². The Morgan fingerprint density at radius 3 is 2.62 bits per heavy atom. The Labute approximate surface area is 188 Å². The van der Waals surface area contributed by atoms with Gasteiger partial charge in [0, 0.05) is 23.5 Å². The Bertz CT molecular complexity index is 1330. The van der Waals surface area contributed by atoms with Crippen molar-refractivity contribution < 1.29 is 9.53 Å². The van der Waals surface area contributed by atoms with Gasteiger partial charge in [-0.15, -0.1) is 0 Å². The van der Waals surface area contributed by atoms with Gasteiger partial charge in [-0.1, -0.05) is 42.1 Å². The van der Waals surface area contributed by atoms with Crippen LogP contribution >= 0.6 is 11.8 Å². The molecular formula is C24H22N4O3S. The van der Waals surface area contributed by atoms with E-state index in [1.54, 1.807) is 35.9 Å². The molecule has 0 saturated heterocycles. The maximum atomic E-state index is 13.2. The van der Waals surface area contributed by atoms with Gasteiger partial charge in [-0.2, -0.15) is 0 Å². The molecule has 8 heteroatoms. The summed E-state index contributed by atoms with van der Waals surface area (Å²) < 4.78 is 6.88. The average Bonchev–Trinajstić information content (AvgIpc) is 3.56. The van der Waals surface area contributed by atoms with Crippen molar-refractivity contribution in [3.63, 3.8) is 0 Å². The molecule has 2 N–H and O–H groups in total. The maximum Gasteiger partial charge on any atom is 0.278 e. The van der Waals surface area contributed by atoms with E-state index >= 15 is 0 Å². The van der Waals surface area contributed by atoms with E-state index in [9.17, 15) is 9.59 Å². The van der Waals surface area contributed by atoms with Crippen LogP contribution in [0.5, 0.6) is 5.75 Å². The van der Waals surface area contributed by atoms with Gasteiger partial charge in [0.2, 0.25) is 5.91 Å². The minimum atomic E-state index is -0.158. The Morgan fingerprint density at radius 2 is 1.94 bits per heavy atom. The Morgan fingerprint density at radius 1 is 1.19 bits per heavy atom. The van der Waals surface area contributed by atoms with E-state index in [0.29, 0.717) is 21.9 Å². The first-order chi connectivity index (χ1) is 15.6. The summed E-state index contributed by atoms with van der Waals surface area (Å²) in [7, 11) is 1.60. The second-order valence-electron chi connectivity index (χ2n) is 7.66. The second-order valence-corrected chi connectivity index (χ2v) is 8.60. The predicted molar refractivity (Wildman–Crippen MR) is 126 cm³/mol. The zero-order valence-electron chi connectivity index (χ0n) is 17.5. The third-order valence-electron chi connectivity index (χ3n) is 5.40. The summed E-state index contributed by atoms with van der Waals surface area (Å²) in [5.74, 6) is 0.722. The number of hydrogen-bond acceptors (Lipinski definition) is 5. The van der Waals surface area contributed by atoms with Gasteiger partial charge in [-0.05, 0) is 42.7 Å². The number of nitrogens with one attached hydrogen (secondary N) is 2. The Kier molecular flexibility index (Phi) is 5.45. The highest BCUT2D eigenvalue weighted by Gasteiger charge is 2.29. The molecule has 5 rings (SSSR count). The predicted octanol–water partition coefficient (Wildman–Crippen LogP) is 4.47. The standard InChI is InChI=1S/C24H22N4O3S/c1-31-18-11-7-16(8-12-18)26-20(29)14-32-24-27-21-19(15-5-3-2-4-6-15)13-25-22(21)23(30)28(24)17-9-10-17/h2-8,11-13,17,25H,9-10,14H2,1H3,(H,26,29). The topological polar surface area (TPSA) is 89.0 Å². The van der Waals surface area contributed by atoms with Crippen molar-refractivity contribution in [3.8, 4) is 16.9 Å². The summed E-state index contributed by atoms with van der Waals surface area (Å²) in [5, 5.41) is 3.45. The van der Waals surface area contributed by atoms with E-state index in [0.717, 1.165) is 29.7 Å². The van der Waals surface area contributed by atoms with Crippen LogP contribution in [-0.4, -0.2) is 33.3 Å². The molecule has 1 fully saturated rings. The number of nitrogens with zero attached hydrogens (tertiary/aromatic N) is 2. The molecule has 0 bridgehead atoms. The lowest BCUT2D eigenvalue weighted by Crippen LogP contribution is -2.23. The number of H-pyrrole nitrogens is 1. The molecule has 2 aromatic heterocycles. The summed E-state index contributed by atoms with van der Waals surface area (Å²) >= 11 is 1.29. The first-order valence-corrected chi connectivity index (χ1v) is 11.4. The highest BCUT2D eigenvalue weighted by molar-refractivity contribution is 7.99. The van der Waals surface area contributed by atoms with E-state index in [1.165, 1.54) is 11.8 Å². The summed E-state index contributed by atoms with van der Waals surface area (Å²) in [6, 6.07) is 17.2. The van der Waals surface area contributed by atoms with Gasteiger partial charge in [0.1, 0.15) is 16.8 Å². The number of fused-ring (bicyclic) bond motifs is 1. The van der Waals surface area contributed by atoms with Crippen molar-refractivity contribution >= 4 is 34.4 Å². The van der Waals surface area contributed by atoms with Gasteiger partial charge in [-0.3, -0.25) is 14.2 Å². The molecule has 0 radical (unpaired) electrons. The highest BCUT2D eigenvalue weighted by atomic mass is 32.2. The van der Waals surface area contributed by atoms with Crippen LogP contribution in [0.2, 0.25) is 0 Å². The van der Waals surface area contributed by atoms with Crippen molar-refractivity contribution in [1.82, 2.24) is 14.5 Å². The zero-order valence-corrected chi connectivity index (χ0v) is 18.3. The van der Waals surface area contributed by atoms with Gasteiger partial charge in [0.15, 0.2) is 5.16 Å². The van der Waals surface area contributed by atoms with Gasteiger partial charge in [0.25, 0.3) is 5.56 Å². The smallest absolute Gasteiger partial charge is 0.278 e. The SMILES string of the molecule is COc1ccc(NC(=O)CSc2nc3c(-c4ccccc4)c[nH]c3c(=O)n2C2CC2)cc1. The lowest BCUT2D eigenvalue weighted by atomic mass is 10.1. The van der Waals surface area contributed by atoms with Gasteiger partial charge < -0.3 is 15.0 Å². The fraction of sp³-hybridized carbons (Fsp3) is 0.208. The molecule has 1 amide bonds. The number of hydrogen-bond donors (Lipinski definition) is 2. The number of methoxy groups -OCH3 is 1. The monoisotopic (exact) mass is 446 g/mol. The number of anilines is 1. The maximum absolute atomic E-state index is 13.2. The number of carbonyl (C=O) groups is 1. The molecule has 1 aliphatic carbocycles. The number of carbonyl (C=O) groups excluding carboxylic acids is 1. The number of rotatable bonds is 7. The largest absolute Gasteiger partial charge is 0.497 e. The molecule has 1 aliphatic rings. The molecule has 0 spiro atoms. The molecule has 0 atom stereocenters. The Balaban J connectivity index is 1.42. The molecule has 162 valence electrons. The summed E-state index contributed by atoms with van der Waals surface area (Å²) in [6.45, 7) is 0.